The predicted molar refractivity (Wildman–Crippen MR) is 86.3 cm³/mol. The Morgan fingerprint density at radius 3 is 2.43 bits per heavy atom. The molecule has 0 spiro atoms. The van der Waals surface area contributed by atoms with Crippen LogP contribution >= 0.6 is 15.9 Å². The lowest BCUT2D eigenvalue weighted by molar-refractivity contribution is -0.137. The molecule has 1 aromatic carbocycles. The lowest BCUT2D eigenvalue weighted by Crippen LogP contribution is -2.36. The monoisotopic (exact) mass is 355 g/mol. The number of carboxylic acid groups (broad SMARTS) is 1. The molecule has 1 amide bonds. The molecule has 4 nitrogen and oxygen atoms in total. The van der Waals surface area contributed by atoms with Crippen LogP contribution in [0.5, 0.6) is 0 Å². The van der Waals surface area contributed by atoms with Crippen LogP contribution in [-0.4, -0.2) is 23.5 Å². The molecule has 0 saturated heterocycles. The summed E-state index contributed by atoms with van der Waals surface area (Å²) in [5.74, 6) is -0.842. The van der Waals surface area contributed by atoms with E-state index in [0.717, 1.165) is 10.0 Å². The van der Waals surface area contributed by atoms with E-state index in [1.54, 1.807) is 0 Å². The van der Waals surface area contributed by atoms with E-state index in [1.165, 1.54) is 0 Å². The van der Waals surface area contributed by atoms with Crippen molar-refractivity contribution < 1.29 is 14.7 Å². The number of amides is 1. The highest BCUT2D eigenvalue weighted by molar-refractivity contribution is 9.10. The van der Waals surface area contributed by atoms with Gasteiger partial charge in [0.05, 0.1) is 0 Å². The average molecular weight is 356 g/mol. The van der Waals surface area contributed by atoms with Crippen LogP contribution in [0.25, 0.3) is 0 Å². The van der Waals surface area contributed by atoms with Crippen LogP contribution in [0.15, 0.2) is 28.7 Å². The van der Waals surface area contributed by atoms with Crippen LogP contribution in [0.1, 0.15) is 45.1 Å². The number of unbranched alkanes of at least 4 members (excludes halogenated alkanes) is 1. The third-order valence-electron chi connectivity index (χ3n) is 3.37. The van der Waals surface area contributed by atoms with Gasteiger partial charge in [-0.15, -0.1) is 0 Å². The smallest absolute Gasteiger partial charge is 0.303 e. The number of carbonyl (C=O) groups excluding carboxylic acids is 1. The number of hydrogen-bond acceptors (Lipinski definition) is 2. The maximum Gasteiger partial charge on any atom is 0.303 e. The number of aliphatic carboxylic acids is 1. The quantitative estimate of drug-likeness (QED) is 0.701. The molecule has 1 aromatic rings. The van der Waals surface area contributed by atoms with Crippen molar-refractivity contribution >= 4 is 27.8 Å². The molecule has 1 rings (SSSR count). The summed E-state index contributed by atoms with van der Waals surface area (Å²) in [5, 5.41) is 11.5. The van der Waals surface area contributed by atoms with E-state index in [4.69, 9.17) is 5.11 Å². The van der Waals surface area contributed by atoms with E-state index in [-0.39, 0.29) is 17.7 Å². The van der Waals surface area contributed by atoms with Crippen molar-refractivity contribution in [2.24, 2.45) is 0 Å². The second-order valence-corrected chi connectivity index (χ2v) is 6.60. The molecule has 0 saturated carbocycles. The van der Waals surface area contributed by atoms with Gasteiger partial charge < -0.3 is 10.4 Å². The van der Waals surface area contributed by atoms with Crippen molar-refractivity contribution in [2.75, 3.05) is 6.54 Å². The Bertz CT molecular complexity index is 500. The summed E-state index contributed by atoms with van der Waals surface area (Å²) >= 11 is 3.54. The van der Waals surface area contributed by atoms with Crippen LogP contribution in [0.4, 0.5) is 0 Å². The first-order valence-corrected chi connectivity index (χ1v) is 7.86. The van der Waals surface area contributed by atoms with E-state index in [0.29, 0.717) is 25.8 Å². The van der Waals surface area contributed by atoms with Gasteiger partial charge in [0.2, 0.25) is 5.91 Å². The van der Waals surface area contributed by atoms with Crippen LogP contribution in [0, 0.1) is 0 Å². The molecule has 2 N–H and O–H groups in total. The SMILES string of the molecule is CC(C)(CNC(=O)CCCCC(=O)O)c1ccccc1Br. The first kappa shape index (κ1) is 17.7. The van der Waals surface area contributed by atoms with Crippen molar-refractivity contribution in [2.45, 2.75) is 44.9 Å². The molecule has 0 aliphatic rings. The maximum atomic E-state index is 11.8. The molecule has 116 valence electrons. The summed E-state index contributed by atoms with van der Waals surface area (Å²) in [4.78, 5) is 22.2. The molecule has 0 aliphatic carbocycles. The van der Waals surface area contributed by atoms with Gasteiger partial charge in [-0.1, -0.05) is 48.0 Å². The molecule has 0 atom stereocenters. The summed E-state index contributed by atoms with van der Waals surface area (Å²) in [6.45, 7) is 4.71. The van der Waals surface area contributed by atoms with Crippen LogP contribution in [-0.2, 0) is 15.0 Å². The van der Waals surface area contributed by atoms with Crippen LogP contribution < -0.4 is 5.32 Å². The van der Waals surface area contributed by atoms with E-state index in [2.05, 4.69) is 35.1 Å². The molecule has 0 unspecified atom stereocenters. The fraction of sp³-hybridized carbons (Fsp3) is 0.500. The van der Waals surface area contributed by atoms with Gasteiger partial charge in [-0.2, -0.15) is 0 Å². The first-order valence-electron chi connectivity index (χ1n) is 7.06. The van der Waals surface area contributed by atoms with Gasteiger partial charge in [-0.3, -0.25) is 9.59 Å². The summed E-state index contributed by atoms with van der Waals surface area (Å²) in [6, 6.07) is 7.98. The van der Waals surface area contributed by atoms with Crippen molar-refractivity contribution in [3.05, 3.63) is 34.3 Å². The third-order valence-corrected chi connectivity index (χ3v) is 4.07. The zero-order chi connectivity index (χ0) is 15.9. The standard InChI is InChI=1S/C16H22BrNO3/c1-16(2,12-7-3-4-8-13(12)17)11-18-14(19)9-5-6-10-15(20)21/h3-4,7-8H,5-6,9-11H2,1-2H3,(H,18,19)(H,20,21). The number of carbonyl (C=O) groups is 2. The molecule has 0 aromatic heterocycles. The molecule has 0 aliphatic heterocycles. The van der Waals surface area contributed by atoms with Gasteiger partial charge in [0.25, 0.3) is 0 Å². The minimum atomic E-state index is -0.814. The molecule has 5 heteroatoms. The first-order chi connectivity index (χ1) is 9.83. The molecule has 0 bridgehead atoms. The molecule has 0 fully saturated rings. The second kappa shape index (κ2) is 8.17. The van der Waals surface area contributed by atoms with Gasteiger partial charge in [0.1, 0.15) is 0 Å². The summed E-state index contributed by atoms with van der Waals surface area (Å²) in [6.07, 6.45) is 1.64. The van der Waals surface area contributed by atoms with Gasteiger partial charge in [-0.05, 0) is 24.5 Å². The number of nitrogens with one attached hydrogen (secondary N) is 1. The fourth-order valence-corrected chi connectivity index (χ4v) is 2.90. The summed E-state index contributed by atoms with van der Waals surface area (Å²) < 4.78 is 1.03. The Balaban J connectivity index is 2.41. The average Bonchev–Trinajstić information content (AvgIpc) is 2.41. The summed E-state index contributed by atoms with van der Waals surface area (Å²) in [7, 11) is 0. The molecule has 0 radical (unpaired) electrons. The Morgan fingerprint density at radius 1 is 1.19 bits per heavy atom. The maximum absolute atomic E-state index is 11.8. The predicted octanol–water partition coefficient (Wildman–Crippen LogP) is 3.49. The number of carboxylic acids is 1. The van der Waals surface area contributed by atoms with E-state index < -0.39 is 5.97 Å². The highest BCUT2D eigenvalue weighted by Gasteiger charge is 2.23. The third kappa shape index (κ3) is 6.29. The highest BCUT2D eigenvalue weighted by atomic mass is 79.9. The summed E-state index contributed by atoms with van der Waals surface area (Å²) in [5.41, 5.74) is 0.979. The lowest BCUT2D eigenvalue weighted by Gasteiger charge is -2.26. The second-order valence-electron chi connectivity index (χ2n) is 5.74. The number of halogens is 1. The minimum Gasteiger partial charge on any atom is -0.481 e. The van der Waals surface area contributed by atoms with Crippen molar-refractivity contribution in [3.63, 3.8) is 0 Å². The van der Waals surface area contributed by atoms with Gasteiger partial charge in [0.15, 0.2) is 0 Å². The Kier molecular flexibility index (Phi) is 6.89. The van der Waals surface area contributed by atoms with E-state index in [9.17, 15) is 9.59 Å². The van der Waals surface area contributed by atoms with Gasteiger partial charge in [0, 0.05) is 29.3 Å². The Morgan fingerprint density at radius 2 is 1.81 bits per heavy atom. The van der Waals surface area contributed by atoms with Crippen LogP contribution in [0.2, 0.25) is 0 Å². The zero-order valence-corrected chi connectivity index (χ0v) is 14.1. The Hall–Kier alpha value is -1.36. The van der Waals surface area contributed by atoms with Crippen molar-refractivity contribution in [1.82, 2.24) is 5.32 Å². The van der Waals surface area contributed by atoms with Crippen molar-refractivity contribution in [1.29, 1.82) is 0 Å². The lowest BCUT2D eigenvalue weighted by atomic mass is 9.84. The fourth-order valence-electron chi connectivity index (χ4n) is 2.08. The largest absolute Gasteiger partial charge is 0.481 e. The van der Waals surface area contributed by atoms with Gasteiger partial charge >= 0.3 is 5.97 Å². The van der Waals surface area contributed by atoms with Crippen LogP contribution in [0.3, 0.4) is 0 Å². The number of benzene rings is 1. The van der Waals surface area contributed by atoms with Gasteiger partial charge in [-0.25, -0.2) is 0 Å². The minimum absolute atomic E-state index is 0.0273. The topological polar surface area (TPSA) is 66.4 Å². The molecular weight excluding hydrogens is 334 g/mol. The molecule has 0 heterocycles. The number of hydrogen-bond donors (Lipinski definition) is 2. The van der Waals surface area contributed by atoms with E-state index >= 15 is 0 Å². The zero-order valence-electron chi connectivity index (χ0n) is 12.5. The highest BCUT2D eigenvalue weighted by Crippen LogP contribution is 2.29. The number of rotatable bonds is 8. The molecule has 21 heavy (non-hydrogen) atoms. The Labute approximate surface area is 134 Å². The normalized spacial score (nSPS) is 11.2. The van der Waals surface area contributed by atoms with E-state index in [1.807, 2.05) is 24.3 Å². The van der Waals surface area contributed by atoms with Crippen molar-refractivity contribution in [3.8, 4) is 0 Å². The molecular formula is C16H22BrNO3.